The van der Waals surface area contributed by atoms with Crippen LogP contribution in [0.4, 0.5) is 5.95 Å². The molecule has 1 heterocycles. The minimum atomic E-state index is 0.487. The minimum Gasteiger partial charge on any atom is -0.347 e. The molecule has 0 aliphatic carbocycles. The molecule has 5 heteroatoms. The van der Waals surface area contributed by atoms with Gasteiger partial charge in [0.15, 0.2) is 0 Å². The molecule has 0 aliphatic heterocycles. The van der Waals surface area contributed by atoms with Crippen LogP contribution in [0, 0.1) is 0 Å². The Balaban J connectivity index is 2.95. The van der Waals surface area contributed by atoms with Gasteiger partial charge in [-0.05, 0) is 20.2 Å². The van der Waals surface area contributed by atoms with E-state index in [9.17, 15) is 0 Å². The van der Waals surface area contributed by atoms with Gasteiger partial charge in [-0.25, -0.2) is 9.97 Å². The third-order valence-corrected chi connectivity index (χ3v) is 1.81. The van der Waals surface area contributed by atoms with Gasteiger partial charge in [-0.2, -0.15) is 0 Å². The average Bonchev–Trinajstić information content (AvgIpc) is 2.01. The van der Waals surface area contributed by atoms with E-state index < -0.39 is 0 Å². The van der Waals surface area contributed by atoms with E-state index in [1.165, 1.54) is 0 Å². The summed E-state index contributed by atoms with van der Waals surface area (Å²) in [6.45, 7) is 0.767. The van der Waals surface area contributed by atoms with Gasteiger partial charge < -0.3 is 9.80 Å². The van der Waals surface area contributed by atoms with Gasteiger partial charge in [-0.15, -0.1) is 0 Å². The number of nitrogens with zero attached hydrogens (tertiary/aromatic N) is 4. The molecule has 1 rings (SSSR count). The fraction of sp³-hybridized carbons (Fsp3) is 0.556. The lowest BCUT2D eigenvalue weighted by Crippen LogP contribution is -2.16. The first-order valence-corrected chi connectivity index (χ1v) is 4.72. The van der Waals surface area contributed by atoms with Crippen LogP contribution in [0.1, 0.15) is 5.69 Å². The maximum Gasteiger partial charge on any atom is 0.226 e. The number of anilines is 1. The lowest BCUT2D eigenvalue weighted by Gasteiger charge is -2.13. The predicted molar refractivity (Wildman–Crippen MR) is 58.8 cm³/mol. The molecule has 0 amide bonds. The van der Waals surface area contributed by atoms with E-state index in [1.807, 2.05) is 38.0 Å². The number of halogens is 1. The summed E-state index contributed by atoms with van der Waals surface area (Å²) in [4.78, 5) is 12.3. The molecule has 0 spiro atoms. The number of aromatic nitrogens is 2. The summed E-state index contributed by atoms with van der Waals surface area (Å²) in [6, 6.07) is 1.79. The largest absolute Gasteiger partial charge is 0.347 e. The van der Waals surface area contributed by atoms with Crippen LogP contribution in [0.2, 0.25) is 5.15 Å². The highest BCUT2D eigenvalue weighted by Gasteiger charge is 2.05. The summed E-state index contributed by atoms with van der Waals surface area (Å²) >= 11 is 5.88. The maximum absolute atomic E-state index is 5.88. The van der Waals surface area contributed by atoms with Crippen molar-refractivity contribution in [3.05, 3.63) is 16.9 Å². The third-order valence-electron chi connectivity index (χ3n) is 1.61. The molecule has 0 aliphatic rings. The third kappa shape index (κ3) is 3.12. The summed E-state index contributed by atoms with van der Waals surface area (Å²) in [6.07, 6.45) is 0. The fourth-order valence-corrected chi connectivity index (χ4v) is 1.26. The van der Waals surface area contributed by atoms with E-state index in [2.05, 4.69) is 9.97 Å². The van der Waals surface area contributed by atoms with Crippen LogP contribution >= 0.6 is 11.6 Å². The van der Waals surface area contributed by atoms with Crippen molar-refractivity contribution in [1.29, 1.82) is 0 Å². The highest BCUT2D eigenvalue weighted by atomic mass is 35.5. The monoisotopic (exact) mass is 214 g/mol. The number of hydrogen-bond donors (Lipinski definition) is 0. The Kier molecular flexibility index (Phi) is 3.66. The van der Waals surface area contributed by atoms with Crippen LogP contribution in [0.15, 0.2) is 6.07 Å². The van der Waals surface area contributed by atoms with Crippen LogP contribution in [-0.4, -0.2) is 43.1 Å². The molecular weight excluding hydrogens is 200 g/mol. The molecule has 1 aromatic rings. The van der Waals surface area contributed by atoms with Crippen LogP contribution < -0.4 is 4.90 Å². The Bertz CT molecular complexity index is 312. The molecule has 0 bridgehead atoms. The molecule has 78 valence electrons. The second kappa shape index (κ2) is 4.57. The van der Waals surface area contributed by atoms with Crippen LogP contribution in [0.3, 0.4) is 0 Å². The van der Waals surface area contributed by atoms with Crippen molar-refractivity contribution in [3.8, 4) is 0 Å². The van der Waals surface area contributed by atoms with E-state index >= 15 is 0 Å². The van der Waals surface area contributed by atoms with Gasteiger partial charge in [0.2, 0.25) is 5.95 Å². The zero-order chi connectivity index (χ0) is 10.7. The van der Waals surface area contributed by atoms with Gasteiger partial charge in [0.05, 0.1) is 5.69 Å². The zero-order valence-electron chi connectivity index (χ0n) is 8.95. The number of rotatable bonds is 3. The predicted octanol–water partition coefficient (Wildman–Crippen LogP) is 1.26. The second-order valence-electron chi connectivity index (χ2n) is 3.61. The average molecular weight is 215 g/mol. The molecule has 14 heavy (non-hydrogen) atoms. The molecule has 0 fully saturated rings. The van der Waals surface area contributed by atoms with E-state index in [1.54, 1.807) is 6.07 Å². The Hall–Kier alpha value is -0.870. The Morgan fingerprint density at radius 2 is 1.86 bits per heavy atom. The number of hydrogen-bond acceptors (Lipinski definition) is 4. The van der Waals surface area contributed by atoms with E-state index in [0.717, 1.165) is 12.2 Å². The first-order chi connectivity index (χ1) is 6.49. The molecule has 0 aromatic carbocycles. The lowest BCUT2D eigenvalue weighted by molar-refractivity contribution is 0.396. The minimum absolute atomic E-state index is 0.487. The normalized spacial score (nSPS) is 10.7. The molecule has 0 saturated carbocycles. The zero-order valence-corrected chi connectivity index (χ0v) is 9.71. The van der Waals surface area contributed by atoms with Crippen LogP contribution in [0.5, 0.6) is 0 Å². The first kappa shape index (κ1) is 11.2. The van der Waals surface area contributed by atoms with Crippen molar-refractivity contribution < 1.29 is 0 Å². The van der Waals surface area contributed by atoms with Crippen molar-refractivity contribution in [1.82, 2.24) is 14.9 Å². The van der Waals surface area contributed by atoms with Crippen LogP contribution in [-0.2, 0) is 6.54 Å². The first-order valence-electron chi connectivity index (χ1n) is 4.34. The van der Waals surface area contributed by atoms with Crippen molar-refractivity contribution in [2.24, 2.45) is 0 Å². The van der Waals surface area contributed by atoms with E-state index in [4.69, 9.17) is 11.6 Å². The van der Waals surface area contributed by atoms with Crippen molar-refractivity contribution in [2.75, 3.05) is 33.1 Å². The lowest BCUT2D eigenvalue weighted by atomic mass is 10.4. The van der Waals surface area contributed by atoms with Crippen molar-refractivity contribution >= 4 is 17.5 Å². The molecule has 0 saturated heterocycles. The molecule has 4 nitrogen and oxygen atoms in total. The highest BCUT2D eigenvalue weighted by molar-refractivity contribution is 6.29. The topological polar surface area (TPSA) is 32.3 Å². The Morgan fingerprint density at radius 3 is 2.36 bits per heavy atom. The quantitative estimate of drug-likeness (QED) is 0.710. The molecule has 0 N–H and O–H groups in total. The van der Waals surface area contributed by atoms with Gasteiger partial charge in [0.25, 0.3) is 0 Å². The standard InChI is InChI=1S/C9H15ClN4/c1-13(2)6-7-5-8(10)12-9(11-7)14(3)4/h5H,6H2,1-4H3. The van der Waals surface area contributed by atoms with Crippen molar-refractivity contribution in [3.63, 3.8) is 0 Å². The van der Waals surface area contributed by atoms with Gasteiger partial charge >= 0.3 is 0 Å². The summed E-state index contributed by atoms with van der Waals surface area (Å²) in [5.41, 5.74) is 0.929. The molecule has 0 unspecified atom stereocenters. The molecule has 0 atom stereocenters. The molecular formula is C9H15ClN4. The van der Waals surface area contributed by atoms with Gasteiger partial charge in [-0.3, -0.25) is 0 Å². The molecule has 1 aromatic heterocycles. The Morgan fingerprint density at radius 1 is 1.21 bits per heavy atom. The van der Waals surface area contributed by atoms with E-state index in [-0.39, 0.29) is 0 Å². The van der Waals surface area contributed by atoms with E-state index in [0.29, 0.717) is 11.1 Å². The summed E-state index contributed by atoms with van der Waals surface area (Å²) in [7, 11) is 7.77. The van der Waals surface area contributed by atoms with Crippen LogP contribution in [0.25, 0.3) is 0 Å². The van der Waals surface area contributed by atoms with Crippen molar-refractivity contribution in [2.45, 2.75) is 6.54 Å². The van der Waals surface area contributed by atoms with Gasteiger partial charge in [0.1, 0.15) is 5.15 Å². The summed E-state index contributed by atoms with van der Waals surface area (Å²) in [5.74, 6) is 0.648. The highest BCUT2D eigenvalue weighted by Crippen LogP contribution is 2.12. The van der Waals surface area contributed by atoms with Gasteiger partial charge in [-0.1, -0.05) is 11.6 Å². The summed E-state index contributed by atoms with van der Waals surface area (Å²) < 4.78 is 0. The second-order valence-corrected chi connectivity index (χ2v) is 4.00. The van der Waals surface area contributed by atoms with Gasteiger partial charge in [0, 0.05) is 20.6 Å². The summed E-state index contributed by atoms with van der Waals surface area (Å²) in [5, 5.41) is 0.487. The fourth-order valence-electron chi connectivity index (χ4n) is 1.06. The molecule has 0 radical (unpaired) electrons. The SMILES string of the molecule is CN(C)Cc1cc(Cl)nc(N(C)C)n1. The Labute approximate surface area is 89.5 Å². The maximum atomic E-state index is 5.88. The smallest absolute Gasteiger partial charge is 0.226 e.